The molecule has 0 aliphatic carbocycles. The Balaban J connectivity index is 1.91. The summed E-state index contributed by atoms with van der Waals surface area (Å²) in [6, 6.07) is 1.21. The quantitative estimate of drug-likeness (QED) is 0.772. The molecular weight excluding hydrogens is 200 g/mol. The van der Waals surface area contributed by atoms with E-state index in [0.717, 1.165) is 19.6 Å². The maximum absolute atomic E-state index is 5.64. The minimum absolute atomic E-state index is 0.543. The zero-order valence-electron chi connectivity index (χ0n) is 11.0. The third-order valence-corrected chi connectivity index (χ3v) is 4.32. The highest BCUT2D eigenvalue weighted by molar-refractivity contribution is 4.90. The van der Waals surface area contributed by atoms with Crippen LogP contribution >= 0.6 is 0 Å². The fraction of sp³-hybridized carbons (Fsp3) is 1.00. The second-order valence-corrected chi connectivity index (χ2v) is 6.03. The standard InChI is InChI=1S/C13H26N2O/c1-13(2)5-7-15(8-6-13)12-10-16-9-4-11(12)14-3/h11-12,14H,4-10H2,1-3H3. The number of nitrogens with one attached hydrogen (secondary N) is 1. The van der Waals surface area contributed by atoms with Gasteiger partial charge in [0.05, 0.1) is 6.61 Å². The zero-order valence-corrected chi connectivity index (χ0v) is 11.0. The molecule has 16 heavy (non-hydrogen) atoms. The summed E-state index contributed by atoms with van der Waals surface area (Å²) in [5.41, 5.74) is 0.543. The van der Waals surface area contributed by atoms with E-state index in [1.165, 1.54) is 25.9 Å². The zero-order chi connectivity index (χ0) is 11.6. The Morgan fingerprint density at radius 2 is 1.94 bits per heavy atom. The molecule has 94 valence electrons. The molecule has 0 bridgehead atoms. The molecule has 0 spiro atoms. The van der Waals surface area contributed by atoms with Crippen molar-refractivity contribution >= 4 is 0 Å². The Morgan fingerprint density at radius 3 is 2.56 bits per heavy atom. The average Bonchev–Trinajstić information content (AvgIpc) is 2.29. The smallest absolute Gasteiger partial charge is 0.0637 e. The van der Waals surface area contributed by atoms with Crippen molar-refractivity contribution in [2.45, 2.75) is 45.2 Å². The molecule has 0 aromatic carbocycles. The van der Waals surface area contributed by atoms with Crippen LogP contribution in [-0.4, -0.2) is 50.3 Å². The lowest BCUT2D eigenvalue weighted by Crippen LogP contribution is -2.56. The van der Waals surface area contributed by atoms with Crippen molar-refractivity contribution in [1.29, 1.82) is 0 Å². The first-order chi connectivity index (χ1) is 7.62. The molecule has 2 aliphatic rings. The van der Waals surface area contributed by atoms with Crippen molar-refractivity contribution in [2.24, 2.45) is 5.41 Å². The summed E-state index contributed by atoms with van der Waals surface area (Å²) in [5, 5.41) is 3.45. The average molecular weight is 226 g/mol. The Hall–Kier alpha value is -0.120. The lowest BCUT2D eigenvalue weighted by atomic mass is 9.82. The number of ether oxygens (including phenoxy) is 1. The van der Waals surface area contributed by atoms with Gasteiger partial charge in [-0.1, -0.05) is 13.8 Å². The van der Waals surface area contributed by atoms with Crippen molar-refractivity contribution in [3.63, 3.8) is 0 Å². The number of piperidine rings is 1. The van der Waals surface area contributed by atoms with Crippen molar-refractivity contribution in [3.05, 3.63) is 0 Å². The number of hydrogen-bond acceptors (Lipinski definition) is 3. The first-order valence-corrected chi connectivity index (χ1v) is 6.61. The molecule has 1 N–H and O–H groups in total. The van der Waals surface area contributed by atoms with Crippen molar-refractivity contribution in [3.8, 4) is 0 Å². The van der Waals surface area contributed by atoms with Gasteiger partial charge in [0, 0.05) is 18.7 Å². The van der Waals surface area contributed by atoms with E-state index in [4.69, 9.17) is 4.74 Å². The third-order valence-electron chi connectivity index (χ3n) is 4.32. The van der Waals surface area contributed by atoms with Crippen LogP contribution in [0.2, 0.25) is 0 Å². The molecule has 2 fully saturated rings. The van der Waals surface area contributed by atoms with Gasteiger partial charge in [0.2, 0.25) is 0 Å². The minimum atomic E-state index is 0.543. The molecule has 0 radical (unpaired) electrons. The van der Waals surface area contributed by atoms with Gasteiger partial charge in [0.15, 0.2) is 0 Å². The summed E-state index contributed by atoms with van der Waals surface area (Å²) in [6.45, 7) is 9.07. The Bertz CT molecular complexity index is 220. The first kappa shape index (κ1) is 12.3. The fourth-order valence-electron chi connectivity index (χ4n) is 2.88. The highest BCUT2D eigenvalue weighted by atomic mass is 16.5. The van der Waals surface area contributed by atoms with Crippen LogP contribution in [0.5, 0.6) is 0 Å². The van der Waals surface area contributed by atoms with Crippen LogP contribution < -0.4 is 5.32 Å². The van der Waals surface area contributed by atoms with Gasteiger partial charge in [0.25, 0.3) is 0 Å². The van der Waals surface area contributed by atoms with E-state index in [-0.39, 0.29) is 0 Å². The molecule has 2 saturated heterocycles. The van der Waals surface area contributed by atoms with Crippen molar-refractivity contribution < 1.29 is 4.74 Å². The highest BCUT2D eigenvalue weighted by Crippen LogP contribution is 2.31. The van der Waals surface area contributed by atoms with Crippen LogP contribution in [0.4, 0.5) is 0 Å². The monoisotopic (exact) mass is 226 g/mol. The van der Waals surface area contributed by atoms with Gasteiger partial charge < -0.3 is 10.1 Å². The lowest BCUT2D eigenvalue weighted by molar-refractivity contribution is -0.0206. The molecule has 0 saturated carbocycles. The summed E-state index contributed by atoms with van der Waals surface area (Å²) in [7, 11) is 2.08. The number of likely N-dealkylation sites (tertiary alicyclic amines) is 1. The summed E-state index contributed by atoms with van der Waals surface area (Å²) in [4.78, 5) is 2.63. The van der Waals surface area contributed by atoms with E-state index >= 15 is 0 Å². The molecule has 0 amide bonds. The predicted octanol–water partition coefficient (Wildman–Crippen LogP) is 1.49. The van der Waals surface area contributed by atoms with Crippen molar-refractivity contribution in [2.75, 3.05) is 33.4 Å². The number of rotatable bonds is 2. The molecule has 0 aromatic rings. The first-order valence-electron chi connectivity index (χ1n) is 6.61. The van der Waals surface area contributed by atoms with Gasteiger partial charge in [-0.15, -0.1) is 0 Å². The topological polar surface area (TPSA) is 24.5 Å². The van der Waals surface area contributed by atoms with Gasteiger partial charge >= 0.3 is 0 Å². The van der Waals surface area contributed by atoms with Crippen LogP contribution in [0.15, 0.2) is 0 Å². The van der Waals surface area contributed by atoms with E-state index in [9.17, 15) is 0 Å². The summed E-state index contributed by atoms with van der Waals surface area (Å²) in [5.74, 6) is 0. The minimum Gasteiger partial charge on any atom is -0.380 e. The summed E-state index contributed by atoms with van der Waals surface area (Å²) >= 11 is 0. The van der Waals surface area contributed by atoms with Gasteiger partial charge in [0.1, 0.15) is 0 Å². The molecule has 0 aromatic heterocycles. The van der Waals surface area contributed by atoms with E-state index in [0.29, 0.717) is 17.5 Å². The van der Waals surface area contributed by atoms with Crippen LogP contribution in [0.1, 0.15) is 33.1 Å². The van der Waals surface area contributed by atoms with Crippen LogP contribution in [-0.2, 0) is 4.74 Å². The third kappa shape index (κ3) is 2.76. The van der Waals surface area contributed by atoms with Crippen molar-refractivity contribution in [1.82, 2.24) is 10.2 Å². The summed E-state index contributed by atoms with van der Waals surface area (Å²) < 4.78 is 5.64. The van der Waals surface area contributed by atoms with E-state index in [1.54, 1.807) is 0 Å². The van der Waals surface area contributed by atoms with Crippen LogP contribution in [0, 0.1) is 5.41 Å². The molecule has 2 rings (SSSR count). The van der Waals surface area contributed by atoms with Gasteiger partial charge in [-0.2, -0.15) is 0 Å². The highest BCUT2D eigenvalue weighted by Gasteiger charge is 2.34. The summed E-state index contributed by atoms with van der Waals surface area (Å²) in [6.07, 6.45) is 3.79. The predicted molar refractivity (Wildman–Crippen MR) is 66.7 cm³/mol. The molecule has 2 heterocycles. The number of hydrogen-bond donors (Lipinski definition) is 1. The second kappa shape index (κ2) is 5.03. The Labute approximate surface area is 99.5 Å². The normalized spacial score (nSPS) is 36.2. The van der Waals surface area contributed by atoms with Gasteiger partial charge in [-0.05, 0) is 44.8 Å². The van der Waals surface area contributed by atoms with Crippen LogP contribution in [0.3, 0.4) is 0 Å². The molecule has 2 atom stereocenters. The molecule has 2 unspecified atom stereocenters. The number of likely N-dealkylation sites (N-methyl/N-ethyl adjacent to an activating group) is 1. The SMILES string of the molecule is CNC1CCOCC1N1CCC(C)(C)CC1. The van der Waals surface area contributed by atoms with E-state index in [1.807, 2.05) is 0 Å². The molecule has 3 nitrogen and oxygen atoms in total. The Kier molecular flexibility index (Phi) is 3.88. The van der Waals surface area contributed by atoms with E-state index in [2.05, 4.69) is 31.1 Å². The Morgan fingerprint density at radius 1 is 1.25 bits per heavy atom. The van der Waals surface area contributed by atoms with Gasteiger partial charge in [-0.25, -0.2) is 0 Å². The number of nitrogens with zero attached hydrogens (tertiary/aromatic N) is 1. The molecule has 2 aliphatic heterocycles. The lowest BCUT2D eigenvalue weighted by Gasteiger charge is -2.45. The maximum atomic E-state index is 5.64. The maximum Gasteiger partial charge on any atom is 0.0637 e. The molecule has 3 heteroatoms. The second-order valence-electron chi connectivity index (χ2n) is 6.03. The molecular formula is C13H26N2O. The van der Waals surface area contributed by atoms with E-state index < -0.39 is 0 Å². The van der Waals surface area contributed by atoms with Crippen LogP contribution in [0.25, 0.3) is 0 Å². The fourth-order valence-corrected chi connectivity index (χ4v) is 2.88. The van der Waals surface area contributed by atoms with Gasteiger partial charge in [-0.3, -0.25) is 4.90 Å². The largest absolute Gasteiger partial charge is 0.380 e.